The van der Waals surface area contributed by atoms with E-state index in [4.69, 9.17) is 16.5 Å². The predicted molar refractivity (Wildman–Crippen MR) is 143 cm³/mol. The average molecular weight is 451 g/mol. The van der Waals surface area contributed by atoms with E-state index in [-0.39, 0.29) is 0 Å². The summed E-state index contributed by atoms with van der Waals surface area (Å²) in [5.41, 5.74) is 14.6. The highest BCUT2D eigenvalue weighted by atomic mass is 15.1. The fourth-order valence-corrected chi connectivity index (χ4v) is 4.29. The summed E-state index contributed by atoms with van der Waals surface area (Å²) in [6.45, 7) is 8.01. The molecule has 6 nitrogen and oxygen atoms in total. The fourth-order valence-electron chi connectivity index (χ4n) is 4.29. The first-order valence-corrected chi connectivity index (χ1v) is 12.7. The molecule has 0 atom stereocenters. The van der Waals surface area contributed by atoms with Crippen molar-refractivity contribution in [2.75, 3.05) is 57.7 Å². The second-order valence-electron chi connectivity index (χ2n) is 8.74. The van der Waals surface area contributed by atoms with Gasteiger partial charge in [-0.2, -0.15) is 0 Å². The van der Waals surface area contributed by atoms with Crippen molar-refractivity contribution in [3.05, 3.63) is 48.5 Å². The lowest BCUT2D eigenvalue weighted by Crippen LogP contribution is -2.29. The van der Waals surface area contributed by atoms with Crippen molar-refractivity contribution in [2.45, 2.75) is 38.5 Å². The molecule has 0 radical (unpaired) electrons. The Labute approximate surface area is 199 Å². The lowest BCUT2D eigenvalue weighted by molar-refractivity contribution is 0.261. The van der Waals surface area contributed by atoms with E-state index in [1.807, 2.05) is 0 Å². The minimum absolute atomic E-state index is 0.765. The molecule has 0 aliphatic heterocycles. The van der Waals surface area contributed by atoms with E-state index in [1.165, 1.54) is 35.7 Å². The number of hydrogen-bond donors (Lipinski definition) is 4. The van der Waals surface area contributed by atoms with Gasteiger partial charge in [-0.05, 0) is 96.5 Å². The molecule has 3 aromatic rings. The quantitative estimate of drug-likeness (QED) is 0.184. The third kappa shape index (κ3) is 8.23. The van der Waals surface area contributed by atoms with E-state index in [2.05, 4.69) is 64.1 Å². The SMILES string of the molecule is NCCCNCCCCN(CCCN)CCCCNc1c2ccccc2nc2ccccc12. The van der Waals surface area contributed by atoms with Crippen LogP contribution in [0.1, 0.15) is 38.5 Å². The number of rotatable bonds is 17. The second kappa shape index (κ2) is 14.8. The number of fused-ring (bicyclic) bond motifs is 2. The number of hydrogen-bond acceptors (Lipinski definition) is 6. The molecule has 0 saturated heterocycles. The van der Waals surface area contributed by atoms with Crippen LogP contribution in [0.2, 0.25) is 0 Å². The van der Waals surface area contributed by atoms with E-state index in [9.17, 15) is 0 Å². The topological polar surface area (TPSA) is 92.2 Å². The van der Waals surface area contributed by atoms with E-state index >= 15 is 0 Å². The van der Waals surface area contributed by atoms with Gasteiger partial charge in [0.05, 0.1) is 16.7 Å². The molecular weight excluding hydrogens is 408 g/mol. The molecule has 0 amide bonds. The van der Waals surface area contributed by atoms with E-state index in [0.717, 1.165) is 82.7 Å². The Kier molecular flexibility index (Phi) is 11.4. The van der Waals surface area contributed by atoms with Crippen molar-refractivity contribution in [3.63, 3.8) is 0 Å². The second-order valence-corrected chi connectivity index (χ2v) is 8.74. The number of benzene rings is 2. The van der Waals surface area contributed by atoms with Crippen LogP contribution in [0.25, 0.3) is 21.8 Å². The lowest BCUT2D eigenvalue weighted by Gasteiger charge is -2.22. The summed E-state index contributed by atoms with van der Waals surface area (Å²) >= 11 is 0. The monoisotopic (exact) mass is 450 g/mol. The van der Waals surface area contributed by atoms with Crippen molar-refractivity contribution < 1.29 is 0 Å². The molecule has 0 aliphatic rings. The highest BCUT2D eigenvalue weighted by Gasteiger charge is 2.08. The number of anilines is 1. The summed E-state index contributed by atoms with van der Waals surface area (Å²) in [4.78, 5) is 7.41. The van der Waals surface area contributed by atoms with Crippen LogP contribution >= 0.6 is 0 Å². The smallest absolute Gasteiger partial charge is 0.0730 e. The Bertz CT molecular complexity index is 890. The minimum atomic E-state index is 0.765. The maximum Gasteiger partial charge on any atom is 0.0730 e. The largest absolute Gasteiger partial charge is 0.384 e. The molecule has 180 valence electrons. The number of nitrogens with zero attached hydrogens (tertiary/aromatic N) is 2. The number of nitrogens with two attached hydrogens (primary N) is 2. The first-order chi connectivity index (χ1) is 16.3. The predicted octanol–water partition coefficient (Wildman–Crippen LogP) is 3.95. The molecule has 0 aliphatic carbocycles. The third-order valence-corrected chi connectivity index (χ3v) is 6.10. The standard InChI is InChI=1S/C27H42N6/c28-15-9-18-30-17-5-7-20-33(22-10-16-29)21-8-6-19-31-27-23-11-1-3-13-25(23)32-26-14-4-2-12-24(26)27/h1-4,11-14,30H,5-10,15-22,28-29H2,(H,31,32). The van der Waals surface area contributed by atoms with Crippen LogP contribution in [0, 0.1) is 0 Å². The van der Waals surface area contributed by atoms with E-state index in [1.54, 1.807) is 0 Å². The van der Waals surface area contributed by atoms with Crippen molar-refractivity contribution in [3.8, 4) is 0 Å². The zero-order chi connectivity index (χ0) is 23.1. The number of unbranched alkanes of at least 4 members (excludes halogenated alkanes) is 2. The molecule has 3 rings (SSSR count). The molecule has 33 heavy (non-hydrogen) atoms. The molecule has 1 heterocycles. The Morgan fingerprint density at radius 1 is 0.636 bits per heavy atom. The summed E-state index contributed by atoms with van der Waals surface area (Å²) in [6, 6.07) is 16.8. The summed E-state index contributed by atoms with van der Waals surface area (Å²) < 4.78 is 0. The van der Waals surface area contributed by atoms with Crippen LogP contribution in [0.15, 0.2) is 48.5 Å². The summed E-state index contributed by atoms with van der Waals surface area (Å²) in [6.07, 6.45) is 6.91. The zero-order valence-corrected chi connectivity index (χ0v) is 20.1. The molecule has 0 bridgehead atoms. The molecule has 0 saturated carbocycles. The van der Waals surface area contributed by atoms with Crippen LogP contribution in [0.3, 0.4) is 0 Å². The maximum absolute atomic E-state index is 5.77. The van der Waals surface area contributed by atoms with Gasteiger partial charge in [-0.3, -0.25) is 0 Å². The summed E-state index contributed by atoms with van der Waals surface area (Å²) in [5, 5.41) is 9.59. The Hall–Kier alpha value is -2.25. The third-order valence-electron chi connectivity index (χ3n) is 6.10. The molecule has 1 aromatic heterocycles. The summed E-state index contributed by atoms with van der Waals surface area (Å²) in [5.74, 6) is 0. The zero-order valence-electron chi connectivity index (χ0n) is 20.1. The fraction of sp³-hybridized carbons (Fsp3) is 0.519. The minimum Gasteiger partial charge on any atom is -0.384 e. The number of nitrogens with one attached hydrogen (secondary N) is 2. The summed E-state index contributed by atoms with van der Waals surface area (Å²) in [7, 11) is 0. The van der Waals surface area contributed by atoms with E-state index < -0.39 is 0 Å². The van der Waals surface area contributed by atoms with Crippen LogP contribution < -0.4 is 22.1 Å². The maximum atomic E-state index is 5.77. The lowest BCUT2D eigenvalue weighted by atomic mass is 10.1. The number of para-hydroxylation sites is 2. The van der Waals surface area contributed by atoms with Crippen molar-refractivity contribution in [1.82, 2.24) is 15.2 Å². The molecule has 2 aromatic carbocycles. The van der Waals surface area contributed by atoms with Gasteiger partial charge in [0.2, 0.25) is 0 Å². The van der Waals surface area contributed by atoms with Crippen molar-refractivity contribution in [1.29, 1.82) is 0 Å². The molecular formula is C27H42N6. The molecule has 6 N–H and O–H groups in total. The van der Waals surface area contributed by atoms with Gasteiger partial charge in [0.25, 0.3) is 0 Å². The van der Waals surface area contributed by atoms with Crippen LogP contribution in [0.4, 0.5) is 5.69 Å². The van der Waals surface area contributed by atoms with Gasteiger partial charge < -0.3 is 27.0 Å². The molecule has 0 spiro atoms. The molecule has 0 unspecified atom stereocenters. The van der Waals surface area contributed by atoms with Crippen LogP contribution in [-0.4, -0.2) is 62.2 Å². The van der Waals surface area contributed by atoms with Crippen LogP contribution in [0.5, 0.6) is 0 Å². The number of pyridine rings is 1. The first kappa shape index (κ1) is 25.4. The van der Waals surface area contributed by atoms with Gasteiger partial charge in [0, 0.05) is 17.3 Å². The Morgan fingerprint density at radius 2 is 1.18 bits per heavy atom. The molecule has 0 fully saturated rings. The van der Waals surface area contributed by atoms with Crippen molar-refractivity contribution in [2.24, 2.45) is 11.5 Å². The Balaban J connectivity index is 1.45. The highest BCUT2D eigenvalue weighted by Crippen LogP contribution is 2.30. The highest BCUT2D eigenvalue weighted by molar-refractivity contribution is 6.07. The van der Waals surface area contributed by atoms with Gasteiger partial charge in [-0.1, -0.05) is 36.4 Å². The first-order valence-electron chi connectivity index (χ1n) is 12.7. The molecule has 6 heteroatoms. The number of aromatic nitrogens is 1. The van der Waals surface area contributed by atoms with Gasteiger partial charge >= 0.3 is 0 Å². The average Bonchev–Trinajstić information content (AvgIpc) is 2.85. The van der Waals surface area contributed by atoms with E-state index in [0.29, 0.717) is 0 Å². The van der Waals surface area contributed by atoms with Gasteiger partial charge in [-0.15, -0.1) is 0 Å². The Morgan fingerprint density at radius 3 is 1.82 bits per heavy atom. The van der Waals surface area contributed by atoms with Crippen LogP contribution in [-0.2, 0) is 0 Å². The van der Waals surface area contributed by atoms with Gasteiger partial charge in [-0.25, -0.2) is 4.98 Å². The van der Waals surface area contributed by atoms with Crippen molar-refractivity contribution >= 4 is 27.5 Å². The van der Waals surface area contributed by atoms with Gasteiger partial charge in [0.1, 0.15) is 0 Å². The normalized spacial score (nSPS) is 11.6. The van der Waals surface area contributed by atoms with Gasteiger partial charge in [0.15, 0.2) is 0 Å².